The maximum atomic E-state index is 10.6. The van der Waals surface area contributed by atoms with Crippen molar-refractivity contribution in [2.45, 2.75) is 0 Å². The maximum absolute atomic E-state index is 10.6. The minimum atomic E-state index is 0.601. The molecule has 0 amide bonds. The van der Waals surface area contributed by atoms with Crippen LogP contribution in [0.2, 0.25) is 0 Å². The van der Waals surface area contributed by atoms with Gasteiger partial charge in [0.15, 0.2) is 5.69 Å². The van der Waals surface area contributed by atoms with Gasteiger partial charge in [-0.15, -0.1) is 0 Å². The molecule has 0 spiro atoms. The highest BCUT2D eigenvalue weighted by atomic mass is 15.0. The fourth-order valence-electron chi connectivity index (χ4n) is 8.72. The van der Waals surface area contributed by atoms with E-state index in [0.717, 1.165) is 72.1 Å². The summed E-state index contributed by atoms with van der Waals surface area (Å²) in [6.07, 6.45) is 0. The lowest BCUT2D eigenvalue weighted by atomic mass is 9.99. The molecule has 55 heavy (non-hydrogen) atoms. The van der Waals surface area contributed by atoms with Crippen LogP contribution in [0.25, 0.3) is 98.5 Å². The number of benzene rings is 8. The van der Waals surface area contributed by atoms with Crippen molar-refractivity contribution in [3.05, 3.63) is 193 Å². The Morgan fingerprint density at radius 2 is 0.855 bits per heavy atom. The Bertz CT molecular complexity index is 3360. The third kappa shape index (κ3) is 4.51. The average molecular weight is 700 g/mol. The molecule has 0 atom stereocenters. The van der Waals surface area contributed by atoms with E-state index in [2.05, 4.69) is 182 Å². The highest BCUT2D eigenvalue weighted by molar-refractivity contribution is 6.13. The largest absolute Gasteiger partial charge is 0.309 e. The van der Waals surface area contributed by atoms with Gasteiger partial charge in [0.2, 0.25) is 0 Å². The quantitative estimate of drug-likeness (QED) is 0.169. The summed E-state index contributed by atoms with van der Waals surface area (Å²) in [7, 11) is 0. The maximum Gasteiger partial charge on any atom is 0.188 e. The number of nitrogens with zero attached hydrogens (tertiary/aromatic N) is 5. The van der Waals surface area contributed by atoms with Crippen molar-refractivity contribution in [1.82, 2.24) is 13.7 Å². The number of rotatable bonds is 4. The number of aromatic nitrogens is 3. The van der Waals surface area contributed by atoms with E-state index in [4.69, 9.17) is 6.57 Å². The van der Waals surface area contributed by atoms with Gasteiger partial charge in [0.05, 0.1) is 51.3 Å². The van der Waals surface area contributed by atoms with Gasteiger partial charge in [-0.05, 0) is 95.4 Å². The van der Waals surface area contributed by atoms with Crippen molar-refractivity contribution in [1.29, 1.82) is 5.26 Å². The summed E-state index contributed by atoms with van der Waals surface area (Å²) in [6, 6.07) is 63.6. The van der Waals surface area contributed by atoms with Gasteiger partial charge >= 0.3 is 0 Å². The van der Waals surface area contributed by atoms with Crippen molar-refractivity contribution >= 4 is 71.1 Å². The van der Waals surface area contributed by atoms with Crippen LogP contribution in [0.15, 0.2) is 176 Å². The predicted molar refractivity (Wildman–Crippen MR) is 226 cm³/mol. The fraction of sp³-hybridized carbons (Fsp3) is 0. The molecule has 0 bridgehead atoms. The first-order valence-corrected chi connectivity index (χ1v) is 18.3. The van der Waals surface area contributed by atoms with E-state index in [9.17, 15) is 5.26 Å². The number of hydrogen-bond acceptors (Lipinski definition) is 1. The summed E-state index contributed by atoms with van der Waals surface area (Å²) in [5, 5.41) is 17.4. The van der Waals surface area contributed by atoms with Gasteiger partial charge in [0.25, 0.3) is 0 Å². The van der Waals surface area contributed by atoms with Crippen LogP contribution in [0.1, 0.15) is 5.56 Å². The van der Waals surface area contributed by atoms with Crippen molar-refractivity contribution in [2.24, 2.45) is 0 Å². The molecule has 0 saturated carbocycles. The monoisotopic (exact) mass is 699 g/mol. The molecular weight excluding hydrogens is 671 g/mol. The van der Waals surface area contributed by atoms with Gasteiger partial charge in [0, 0.05) is 44.0 Å². The van der Waals surface area contributed by atoms with Crippen LogP contribution in [-0.4, -0.2) is 13.7 Å². The number of nitriles is 1. The Morgan fingerprint density at radius 1 is 0.400 bits per heavy atom. The molecule has 11 aromatic rings. The van der Waals surface area contributed by atoms with Crippen LogP contribution < -0.4 is 0 Å². The van der Waals surface area contributed by atoms with Crippen LogP contribution in [0, 0.1) is 17.9 Å². The number of fused-ring (bicyclic) bond motifs is 9. The lowest BCUT2D eigenvalue weighted by Gasteiger charge is -2.13. The molecule has 0 aliphatic heterocycles. The summed E-state index contributed by atoms with van der Waals surface area (Å²) in [5.74, 6) is 0. The molecule has 0 saturated heterocycles. The Kier molecular flexibility index (Phi) is 6.61. The molecule has 3 aromatic heterocycles. The van der Waals surface area contributed by atoms with E-state index >= 15 is 0 Å². The van der Waals surface area contributed by atoms with E-state index in [-0.39, 0.29) is 0 Å². The van der Waals surface area contributed by atoms with Gasteiger partial charge in [-0.25, -0.2) is 4.85 Å². The number of hydrogen-bond donors (Lipinski definition) is 0. The van der Waals surface area contributed by atoms with E-state index < -0.39 is 0 Å². The smallest absolute Gasteiger partial charge is 0.188 e. The standard InChI is InChI=1S/C50H29N5/c1-52-34-21-25-49-43(29-34)44-30-37(55-47-19-8-4-15-41(47)42-16-5-9-20-48(42)55)23-26-50(44)53(49)35-12-10-11-32(27-35)38-24-22-36(28-33(38)31-51)54-45-17-6-2-13-39(45)40-14-3-7-18-46(40)54/h2-30H. The molecule has 0 N–H and O–H groups in total. The molecule has 3 heterocycles. The first-order valence-electron chi connectivity index (χ1n) is 18.3. The van der Waals surface area contributed by atoms with Gasteiger partial charge < -0.3 is 13.7 Å². The molecule has 254 valence electrons. The summed E-state index contributed by atoms with van der Waals surface area (Å²) in [4.78, 5) is 3.80. The molecule has 8 aromatic carbocycles. The van der Waals surface area contributed by atoms with Gasteiger partial charge in [0.1, 0.15) is 0 Å². The second kappa shape index (κ2) is 11.8. The summed E-state index contributed by atoms with van der Waals surface area (Å²) in [5.41, 5.74) is 12.6. The van der Waals surface area contributed by atoms with E-state index in [1.54, 1.807) is 0 Å². The predicted octanol–water partition coefficient (Wildman–Crippen LogP) is 13.1. The highest BCUT2D eigenvalue weighted by Gasteiger charge is 2.18. The van der Waals surface area contributed by atoms with Crippen LogP contribution >= 0.6 is 0 Å². The lowest BCUT2D eigenvalue weighted by molar-refractivity contribution is 1.16. The van der Waals surface area contributed by atoms with E-state index in [1.807, 2.05) is 18.2 Å². The molecule has 5 nitrogen and oxygen atoms in total. The minimum absolute atomic E-state index is 0.601. The second-order valence-electron chi connectivity index (χ2n) is 14.0. The minimum Gasteiger partial charge on any atom is -0.309 e. The lowest BCUT2D eigenvalue weighted by Crippen LogP contribution is -1.97. The van der Waals surface area contributed by atoms with Crippen molar-refractivity contribution in [2.75, 3.05) is 0 Å². The summed E-state index contributed by atoms with van der Waals surface area (Å²) < 4.78 is 6.85. The van der Waals surface area contributed by atoms with Gasteiger partial charge in [-0.2, -0.15) is 5.26 Å². The van der Waals surface area contributed by atoms with Gasteiger partial charge in [-0.1, -0.05) is 97.1 Å². The third-order valence-corrected chi connectivity index (χ3v) is 11.1. The molecule has 0 fully saturated rings. The summed E-state index contributed by atoms with van der Waals surface area (Å²) in [6.45, 7) is 7.82. The Balaban J connectivity index is 1.08. The zero-order valence-corrected chi connectivity index (χ0v) is 29.5. The molecule has 0 radical (unpaired) electrons. The Labute approximate surface area is 316 Å². The molecular formula is C50H29N5. The van der Waals surface area contributed by atoms with Crippen LogP contribution in [0.5, 0.6) is 0 Å². The second-order valence-corrected chi connectivity index (χ2v) is 14.0. The SMILES string of the molecule is [C-]#[N+]c1ccc2c(c1)c1cc(-n3c4ccccc4c4ccccc43)ccc1n2-c1cccc(-c2ccc(-n3c4ccccc4c4ccccc43)cc2C#N)c1. The molecule has 5 heteroatoms. The third-order valence-electron chi connectivity index (χ3n) is 11.1. The molecule has 0 aliphatic rings. The van der Waals surface area contributed by atoms with Crippen molar-refractivity contribution in [3.8, 4) is 34.3 Å². The summed E-state index contributed by atoms with van der Waals surface area (Å²) >= 11 is 0. The Hall–Kier alpha value is -7.86. The first-order chi connectivity index (χ1) is 27.2. The van der Waals surface area contributed by atoms with E-state index in [0.29, 0.717) is 11.3 Å². The van der Waals surface area contributed by atoms with Crippen molar-refractivity contribution < 1.29 is 0 Å². The highest BCUT2D eigenvalue weighted by Crippen LogP contribution is 2.39. The molecule has 0 unspecified atom stereocenters. The zero-order valence-electron chi connectivity index (χ0n) is 29.5. The van der Waals surface area contributed by atoms with Gasteiger partial charge in [-0.3, -0.25) is 0 Å². The van der Waals surface area contributed by atoms with Crippen LogP contribution in [-0.2, 0) is 0 Å². The van der Waals surface area contributed by atoms with Crippen LogP contribution in [0.4, 0.5) is 5.69 Å². The fourth-order valence-corrected chi connectivity index (χ4v) is 8.72. The average Bonchev–Trinajstić information content (AvgIpc) is 3.89. The molecule has 11 rings (SSSR count). The topological polar surface area (TPSA) is 42.9 Å². The normalized spacial score (nSPS) is 11.6. The van der Waals surface area contributed by atoms with E-state index in [1.165, 1.54) is 21.5 Å². The Morgan fingerprint density at radius 3 is 1.40 bits per heavy atom. The zero-order chi connectivity index (χ0) is 36.6. The molecule has 0 aliphatic carbocycles. The number of para-hydroxylation sites is 4. The van der Waals surface area contributed by atoms with Crippen LogP contribution in [0.3, 0.4) is 0 Å². The van der Waals surface area contributed by atoms with Crippen molar-refractivity contribution in [3.63, 3.8) is 0 Å². The first kappa shape index (κ1) is 30.7.